The molecule has 0 bridgehead atoms. The number of aromatic amines is 1. The number of likely N-dealkylation sites (tertiary alicyclic amines) is 2. The molecule has 0 radical (unpaired) electrons. The summed E-state index contributed by atoms with van der Waals surface area (Å²) in [6.45, 7) is 7.08. The molecule has 2 fully saturated rings. The van der Waals surface area contributed by atoms with Crippen molar-refractivity contribution in [1.82, 2.24) is 14.8 Å². The number of piperidine rings is 1. The second-order valence-electron chi connectivity index (χ2n) is 6.60. The minimum Gasteiger partial charge on any atom is -0.358 e. The van der Waals surface area contributed by atoms with Gasteiger partial charge >= 0.3 is 0 Å². The van der Waals surface area contributed by atoms with Crippen LogP contribution in [0.2, 0.25) is 0 Å². The Morgan fingerprint density at radius 1 is 1.36 bits per heavy atom. The Kier molecular flexibility index (Phi) is 4.34. The molecule has 0 amide bonds. The van der Waals surface area contributed by atoms with Crippen molar-refractivity contribution in [2.45, 2.75) is 37.6 Å². The molecule has 3 heterocycles. The van der Waals surface area contributed by atoms with Crippen molar-refractivity contribution in [2.75, 3.05) is 33.7 Å². The zero-order valence-electron chi connectivity index (χ0n) is 13.8. The molecular weight excluding hydrogens is 274 g/mol. The number of aliphatic imine (C=N–C) groups is 2. The Morgan fingerprint density at radius 2 is 2.23 bits per heavy atom. The van der Waals surface area contributed by atoms with Crippen LogP contribution in [0, 0.1) is 0 Å². The van der Waals surface area contributed by atoms with Crippen LogP contribution in [0.5, 0.6) is 0 Å². The molecule has 5 nitrogen and oxygen atoms in total. The zero-order chi connectivity index (χ0) is 15.6. The lowest BCUT2D eigenvalue weighted by Crippen LogP contribution is -2.51. The Labute approximate surface area is 133 Å². The fourth-order valence-corrected chi connectivity index (χ4v) is 4.01. The number of nitrogens with one attached hydrogen (secondary N) is 1. The topological polar surface area (TPSA) is 47.0 Å². The maximum atomic E-state index is 4.57. The maximum absolute atomic E-state index is 4.57. The monoisotopic (exact) mass is 301 g/mol. The molecule has 1 aromatic heterocycles. The highest BCUT2D eigenvalue weighted by Gasteiger charge is 2.43. The SMILES string of the molecule is C=Nc1[nH]ccc1CC(=NC)N1CCC2(CCCCN2C)C1. The van der Waals surface area contributed by atoms with E-state index in [1.807, 2.05) is 13.2 Å². The summed E-state index contributed by atoms with van der Waals surface area (Å²) in [5.41, 5.74) is 1.54. The quantitative estimate of drug-likeness (QED) is 0.689. The van der Waals surface area contributed by atoms with Gasteiger partial charge in [0, 0.05) is 43.9 Å². The first-order chi connectivity index (χ1) is 10.7. The first kappa shape index (κ1) is 15.3. The van der Waals surface area contributed by atoms with Gasteiger partial charge in [0.05, 0.1) is 0 Å². The molecule has 0 aliphatic carbocycles. The van der Waals surface area contributed by atoms with Crippen molar-refractivity contribution in [3.63, 3.8) is 0 Å². The summed E-state index contributed by atoms with van der Waals surface area (Å²) in [5.74, 6) is 2.03. The first-order valence-electron chi connectivity index (χ1n) is 8.23. The van der Waals surface area contributed by atoms with E-state index in [-0.39, 0.29) is 0 Å². The van der Waals surface area contributed by atoms with Gasteiger partial charge in [0.1, 0.15) is 11.7 Å². The third-order valence-electron chi connectivity index (χ3n) is 5.47. The standard InChI is InChI=1S/C17H27N5/c1-18-15(12-14-6-9-20-16(14)19-2)22-11-8-17(13-22)7-4-5-10-21(17)3/h6,9,20H,2,4-5,7-8,10-13H2,1,3H3. The second kappa shape index (κ2) is 6.24. The molecule has 0 saturated carbocycles. The summed E-state index contributed by atoms with van der Waals surface area (Å²) in [4.78, 5) is 16.8. The second-order valence-corrected chi connectivity index (χ2v) is 6.60. The third kappa shape index (κ3) is 2.70. The van der Waals surface area contributed by atoms with Crippen LogP contribution in [0.3, 0.4) is 0 Å². The fraction of sp³-hybridized carbons (Fsp3) is 0.647. The zero-order valence-corrected chi connectivity index (χ0v) is 13.8. The molecule has 2 saturated heterocycles. The van der Waals surface area contributed by atoms with E-state index in [0.29, 0.717) is 5.54 Å². The van der Waals surface area contributed by atoms with Crippen molar-refractivity contribution in [3.05, 3.63) is 17.8 Å². The highest BCUT2D eigenvalue weighted by atomic mass is 15.3. The van der Waals surface area contributed by atoms with E-state index in [9.17, 15) is 0 Å². The van der Waals surface area contributed by atoms with Gasteiger partial charge in [-0.15, -0.1) is 0 Å². The normalized spacial score (nSPS) is 26.8. The summed E-state index contributed by atoms with van der Waals surface area (Å²) in [6.07, 6.45) is 8.02. The van der Waals surface area contributed by atoms with Crippen molar-refractivity contribution in [1.29, 1.82) is 0 Å². The third-order valence-corrected chi connectivity index (χ3v) is 5.47. The van der Waals surface area contributed by atoms with Crippen LogP contribution in [-0.4, -0.2) is 66.6 Å². The van der Waals surface area contributed by atoms with Crippen LogP contribution in [0.1, 0.15) is 31.2 Å². The maximum Gasteiger partial charge on any atom is 0.132 e. The number of amidine groups is 1. The van der Waals surface area contributed by atoms with Gasteiger partial charge < -0.3 is 9.88 Å². The lowest BCUT2D eigenvalue weighted by atomic mass is 9.86. The van der Waals surface area contributed by atoms with E-state index in [4.69, 9.17) is 0 Å². The predicted octanol–water partition coefficient (Wildman–Crippen LogP) is 2.48. The smallest absolute Gasteiger partial charge is 0.132 e. The summed E-state index contributed by atoms with van der Waals surface area (Å²) >= 11 is 0. The minimum absolute atomic E-state index is 0.367. The number of likely N-dealkylation sites (N-methyl/N-ethyl adjacent to an activating group) is 1. The van der Waals surface area contributed by atoms with Crippen molar-refractivity contribution in [2.24, 2.45) is 9.98 Å². The van der Waals surface area contributed by atoms with Crippen molar-refractivity contribution < 1.29 is 0 Å². The van der Waals surface area contributed by atoms with E-state index in [2.05, 4.69) is 44.6 Å². The molecular formula is C17H27N5. The van der Waals surface area contributed by atoms with Crippen LogP contribution in [0.15, 0.2) is 22.2 Å². The molecule has 0 aromatic carbocycles. The summed E-state index contributed by atoms with van der Waals surface area (Å²) in [6, 6.07) is 2.08. The molecule has 2 aliphatic heterocycles. The van der Waals surface area contributed by atoms with E-state index >= 15 is 0 Å². The molecule has 120 valence electrons. The molecule has 1 aromatic rings. The predicted molar refractivity (Wildman–Crippen MR) is 92.5 cm³/mol. The molecule has 2 aliphatic rings. The molecule has 1 atom stereocenters. The van der Waals surface area contributed by atoms with Gasteiger partial charge in [-0.1, -0.05) is 6.42 Å². The number of aromatic nitrogens is 1. The van der Waals surface area contributed by atoms with Crippen molar-refractivity contribution in [3.8, 4) is 0 Å². The van der Waals surface area contributed by atoms with Gasteiger partial charge in [0.25, 0.3) is 0 Å². The molecule has 1 spiro atoms. The average molecular weight is 301 g/mol. The van der Waals surface area contributed by atoms with E-state index in [1.54, 1.807) is 0 Å². The van der Waals surface area contributed by atoms with Gasteiger partial charge in [-0.2, -0.15) is 0 Å². The van der Waals surface area contributed by atoms with E-state index < -0.39 is 0 Å². The van der Waals surface area contributed by atoms with E-state index in [1.165, 1.54) is 43.6 Å². The lowest BCUT2D eigenvalue weighted by molar-refractivity contribution is 0.0852. The molecule has 1 unspecified atom stereocenters. The number of nitrogens with zero attached hydrogens (tertiary/aromatic N) is 4. The summed E-state index contributed by atoms with van der Waals surface area (Å²) in [7, 11) is 4.19. The van der Waals surface area contributed by atoms with Crippen molar-refractivity contribution >= 4 is 18.4 Å². The number of hydrogen-bond acceptors (Lipinski definition) is 3. The molecule has 5 heteroatoms. The Balaban J connectivity index is 1.72. The Morgan fingerprint density at radius 3 is 2.95 bits per heavy atom. The van der Waals surface area contributed by atoms with Gasteiger partial charge in [-0.3, -0.25) is 9.89 Å². The Hall–Kier alpha value is -1.62. The van der Waals surface area contributed by atoms with Crippen LogP contribution in [-0.2, 0) is 6.42 Å². The number of rotatable bonds is 3. The van der Waals surface area contributed by atoms with E-state index in [0.717, 1.165) is 25.3 Å². The molecule has 3 rings (SSSR count). The molecule has 1 N–H and O–H groups in total. The highest BCUT2D eigenvalue weighted by Crippen LogP contribution is 2.36. The number of hydrogen-bond donors (Lipinski definition) is 1. The lowest BCUT2D eigenvalue weighted by Gasteiger charge is -2.42. The summed E-state index contributed by atoms with van der Waals surface area (Å²) < 4.78 is 0. The summed E-state index contributed by atoms with van der Waals surface area (Å²) in [5, 5.41) is 0. The Bertz CT molecular complexity index is 561. The largest absolute Gasteiger partial charge is 0.358 e. The van der Waals surface area contributed by atoms with Crippen LogP contribution in [0.4, 0.5) is 5.82 Å². The highest BCUT2D eigenvalue weighted by molar-refractivity contribution is 5.86. The molecule has 22 heavy (non-hydrogen) atoms. The average Bonchev–Trinajstić information content (AvgIpc) is 3.15. The van der Waals surface area contributed by atoms with Crippen LogP contribution >= 0.6 is 0 Å². The van der Waals surface area contributed by atoms with Crippen LogP contribution in [0.25, 0.3) is 0 Å². The van der Waals surface area contributed by atoms with Crippen LogP contribution < -0.4 is 0 Å². The van der Waals surface area contributed by atoms with Gasteiger partial charge in [-0.05, 0) is 45.6 Å². The first-order valence-corrected chi connectivity index (χ1v) is 8.23. The van der Waals surface area contributed by atoms with Gasteiger partial charge in [-0.25, -0.2) is 4.99 Å². The van der Waals surface area contributed by atoms with Gasteiger partial charge in [0.2, 0.25) is 0 Å². The van der Waals surface area contributed by atoms with Gasteiger partial charge in [0.15, 0.2) is 0 Å². The minimum atomic E-state index is 0.367. The number of H-pyrrole nitrogens is 1. The fourth-order valence-electron chi connectivity index (χ4n) is 4.01.